The van der Waals surface area contributed by atoms with E-state index >= 15 is 0 Å². The Morgan fingerprint density at radius 3 is 2.47 bits per heavy atom. The van der Waals surface area contributed by atoms with Crippen molar-refractivity contribution in [2.75, 3.05) is 0 Å². The summed E-state index contributed by atoms with van der Waals surface area (Å²) in [5.41, 5.74) is 1.17. The molecule has 0 bridgehead atoms. The predicted molar refractivity (Wildman–Crippen MR) is 86.7 cm³/mol. The van der Waals surface area contributed by atoms with E-state index in [1.54, 1.807) is 18.2 Å². The number of fused-ring (bicyclic) bond motifs is 2. The highest BCUT2D eigenvalue weighted by atomic mass is 79.9. The van der Waals surface area contributed by atoms with Crippen LogP contribution < -0.4 is 5.43 Å². The maximum Gasteiger partial charge on any atom is 0.201 e. The normalized spacial score (nSPS) is 10.3. The van der Waals surface area contributed by atoms with Gasteiger partial charge in [-0.15, -0.1) is 0 Å². The Hall–Kier alpha value is -1.13. The number of hydrogen-bond donors (Lipinski definition) is 0. The fourth-order valence-corrected chi connectivity index (χ4v) is 2.70. The van der Waals surface area contributed by atoms with Gasteiger partial charge in [0.05, 0.1) is 10.8 Å². The summed E-state index contributed by atoms with van der Waals surface area (Å²) < 4.78 is 7.38. The van der Waals surface area contributed by atoms with Gasteiger partial charge in [0.1, 0.15) is 11.2 Å². The molecule has 3 rings (SSSR count). The molecule has 98 valence electrons. The monoisotopic (exact) mass is 382 g/mol. The third-order valence-electron chi connectivity index (χ3n) is 2.61. The van der Waals surface area contributed by atoms with Crippen molar-refractivity contribution in [1.82, 2.24) is 0 Å². The summed E-state index contributed by atoms with van der Waals surface area (Å²) in [6, 6.07) is 10.9. The van der Waals surface area contributed by atoms with Crippen LogP contribution in [0.15, 0.2) is 54.6 Å². The van der Waals surface area contributed by atoms with Crippen LogP contribution in [0.2, 0.25) is 0 Å². The van der Waals surface area contributed by atoms with Crippen molar-refractivity contribution in [1.29, 1.82) is 0 Å². The Morgan fingerprint density at radius 2 is 1.74 bits per heavy atom. The van der Waals surface area contributed by atoms with Gasteiger partial charge in [0.2, 0.25) is 5.43 Å². The van der Waals surface area contributed by atoms with Gasteiger partial charge >= 0.3 is 0 Å². The Balaban J connectivity index is 0.000000637. The van der Waals surface area contributed by atoms with Gasteiger partial charge in [0, 0.05) is 8.95 Å². The molecule has 0 fully saturated rings. The molecular formula is C15H12Br2O2. The average Bonchev–Trinajstić information content (AvgIpc) is 2.40. The molecule has 3 aromatic rings. The van der Waals surface area contributed by atoms with Crippen molar-refractivity contribution in [2.45, 2.75) is 13.8 Å². The Morgan fingerprint density at radius 1 is 1.00 bits per heavy atom. The topological polar surface area (TPSA) is 30.2 Å². The highest BCUT2D eigenvalue weighted by molar-refractivity contribution is 9.11. The Kier molecular flexibility index (Phi) is 4.42. The van der Waals surface area contributed by atoms with E-state index in [0.29, 0.717) is 21.9 Å². The van der Waals surface area contributed by atoms with Gasteiger partial charge in [-0.25, -0.2) is 0 Å². The summed E-state index contributed by atoms with van der Waals surface area (Å²) in [5, 5.41) is 1.18. The smallest absolute Gasteiger partial charge is 0.201 e. The first-order valence-electron chi connectivity index (χ1n) is 5.97. The zero-order valence-electron chi connectivity index (χ0n) is 10.5. The maximum absolute atomic E-state index is 12.3. The number of rotatable bonds is 0. The Labute approximate surface area is 127 Å². The van der Waals surface area contributed by atoms with Crippen molar-refractivity contribution in [3.8, 4) is 0 Å². The van der Waals surface area contributed by atoms with Crippen molar-refractivity contribution in [3.63, 3.8) is 0 Å². The largest absolute Gasteiger partial charge is 0.456 e. The molecule has 4 heteroatoms. The van der Waals surface area contributed by atoms with E-state index in [0.717, 1.165) is 8.95 Å². The number of benzene rings is 2. The third-order valence-corrected chi connectivity index (χ3v) is 3.76. The molecule has 0 N–H and O–H groups in total. The molecular weight excluding hydrogens is 372 g/mol. The fourth-order valence-electron chi connectivity index (χ4n) is 1.83. The van der Waals surface area contributed by atoms with Crippen LogP contribution in [-0.2, 0) is 0 Å². The molecule has 0 atom stereocenters. The zero-order chi connectivity index (χ0) is 14.0. The molecule has 0 aliphatic rings. The summed E-state index contributed by atoms with van der Waals surface area (Å²) in [6.07, 6.45) is 0. The highest BCUT2D eigenvalue weighted by Crippen LogP contribution is 2.26. The van der Waals surface area contributed by atoms with E-state index in [1.807, 2.05) is 32.0 Å². The van der Waals surface area contributed by atoms with Gasteiger partial charge in [0.15, 0.2) is 0 Å². The average molecular weight is 384 g/mol. The van der Waals surface area contributed by atoms with Crippen LogP contribution in [0, 0.1) is 0 Å². The van der Waals surface area contributed by atoms with Gasteiger partial charge in [0.25, 0.3) is 0 Å². The lowest BCUT2D eigenvalue weighted by Gasteiger charge is -2.02. The lowest BCUT2D eigenvalue weighted by Crippen LogP contribution is -2.02. The minimum absolute atomic E-state index is 0.0128. The maximum atomic E-state index is 12.3. The predicted octanol–water partition coefficient (Wildman–Crippen LogP) is 5.50. The molecule has 0 saturated heterocycles. The minimum Gasteiger partial charge on any atom is -0.456 e. The van der Waals surface area contributed by atoms with Crippen LogP contribution in [-0.4, -0.2) is 0 Å². The van der Waals surface area contributed by atoms with Crippen molar-refractivity contribution >= 4 is 53.8 Å². The lowest BCUT2D eigenvalue weighted by atomic mass is 10.1. The first-order chi connectivity index (χ1) is 9.16. The zero-order valence-corrected chi connectivity index (χ0v) is 13.7. The fraction of sp³-hybridized carbons (Fsp3) is 0.133. The van der Waals surface area contributed by atoms with E-state index < -0.39 is 0 Å². The van der Waals surface area contributed by atoms with Crippen LogP contribution in [0.1, 0.15) is 13.8 Å². The van der Waals surface area contributed by atoms with Gasteiger partial charge in [-0.1, -0.05) is 35.8 Å². The summed E-state index contributed by atoms with van der Waals surface area (Å²) in [4.78, 5) is 12.3. The lowest BCUT2D eigenvalue weighted by molar-refractivity contribution is 0.659. The molecule has 1 aromatic heterocycles. The van der Waals surface area contributed by atoms with E-state index in [-0.39, 0.29) is 5.43 Å². The molecule has 1 heterocycles. The van der Waals surface area contributed by atoms with Crippen LogP contribution in [0.3, 0.4) is 0 Å². The van der Waals surface area contributed by atoms with E-state index in [4.69, 9.17) is 4.42 Å². The van der Waals surface area contributed by atoms with Crippen LogP contribution in [0.4, 0.5) is 0 Å². The second kappa shape index (κ2) is 5.88. The Bertz CT molecular complexity index is 790. The molecule has 0 unspecified atom stereocenters. The second-order valence-electron chi connectivity index (χ2n) is 3.68. The quantitative estimate of drug-likeness (QED) is 0.480. The molecule has 0 aliphatic carbocycles. The number of halogens is 2. The summed E-state index contributed by atoms with van der Waals surface area (Å²) >= 11 is 6.74. The van der Waals surface area contributed by atoms with Gasteiger partial charge in [-0.05, 0) is 46.3 Å². The molecule has 2 aromatic carbocycles. The van der Waals surface area contributed by atoms with E-state index in [2.05, 4.69) is 31.9 Å². The van der Waals surface area contributed by atoms with Gasteiger partial charge in [-0.3, -0.25) is 4.79 Å². The second-order valence-corrected chi connectivity index (χ2v) is 5.45. The SMILES string of the molecule is CC.O=c1c2ccc(Br)cc2oc2cccc(Br)c12. The summed E-state index contributed by atoms with van der Waals surface area (Å²) in [7, 11) is 0. The van der Waals surface area contributed by atoms with E-state index in [9.17, 15) is 4.79 Å². The van der Waals surface area contributed by atoms with Crippen LogP contribution in [0.25, 0.3) is 21.9 Å². The minimum atomic E-state index is -0.0128. The van der Waals surface area contributed by atoms with Crippen molar-refractivity contribution in [2.24, 2.45) is 0 Å². The first-order valence-corrected chi connectivity index (χ1v) is 7.56. The molecule has 0 spiro atoms. The highest BCUT2D eigenvalue weighted by Gasteiger charge is 2.09. The molecule has 0 saturated carbocycles. The molecule has 0 amide bonds. The van der Waals surface area contributed by atoms with Crippen LogP contribution in [0.5, 0.6) is 0 Å². The standard InChI is InChI=1S/C13H6Br2O2.C2H6/c14-7-4-5-8-11(6-7)17-10-3-1-2-9(15)12(10)13(8)16;1-2/h1-6H;1-2H3. The third kappa shape index (κ3) is 2.60. The molecule has 2 nitrogen and oxygen atoms in total. The summed E-state index contributed by atoms with van der Waals surface area (Å²) in [6.45, 7) is 4.00. The summed E-state index contributed by atoms with van der Waals surface area (Å²) in [5.74, 6) is 0. The first kappa shape index (κ1) is 14.3. The molecule has 19 heavy (non-hydrogen) atoms. The molecule has 0 aliphatic heterocycles. The molecule has 0 radical (unpaired) electrons. The van der Waals surface area contributed by atoms with Crippen molar-refractivity contribution < 1.29 is 4.42 Å². The van der Waals surface area contributed by atoms with Crippen LogP contribution >= 0.6 is 31.9 Å². The van der Waals surface area contributed by atoms with E-state index in [1.165, 1.54) is 0 Å². The van der Waals surface area contributed by atoms with Gasteiger partial charge < -0.3 is 4.42 Å². The number of hydrogen-bond acceptors (Lipinski definition) is 2. The van der Waals surface area contributed by atoms with Crippen molar-refractivity contribution in [3.05, 3.63) is 55.6 Å². The van der Waals surface area contributed by atoms with Gasteiger partial charge in [-0.2, -0.15) is 0 Å².